The van der Waals surface area contributed by atoms with Gasteiger partial charge < -0.3 is 14.3 Å². The van der Waals surface area contributed by atoms with Crippen LogP contribution in [0.15, 0.2) is 35.2 Å². The van der Waals surface area contributed by atoms with Gasteiger partial charge in [-0.15, -0.1) is 0 Å². The number of aromatic nitrogens is 3. The molecule has 3 aromatic rings. The first-order chi connectivity index (χ1) is 12.6. The number of rotatable bonds is 4. The summed E-state index contributed by atoms with van der Waals surface area (Å²) in [6.07, 6.45) is 3.46. The summed E-state index contributed by atoms with van der Waals surface area (Å²) in [5.74, 6) is 1.87. The first-order valence-corrected chi connectivity index (χ1v) is 8.91. The SMILES string of the molecule is Cc1oncc1CN1CCN(c2ccc3ncnc(N(C)C)c3c2)CC1. The van der Waals surface area contributed by atoms with Gasteiger partial charge in [0.2, 0.25) is 0 Å². The zero-order valence-electron chi connectivity index (χ0n) is 15.5. The Morgan fingerprint density at radius 2 is 1.92 bits per heavy atom. The average Bonchev–Trinajstić information content (AvgIpc) is 3.06. The van der Waals surface area contributed by atoms with Crippen LogP contribution in [0.1, 0.15) is 11.3 Å². The van der Waals surface area contributed by atoms with Gasteiger partial charge in [0.05, 0.1) is 11.7 Å². The molecule has 136 valence electrons. The van der Waals surface area contributed by atoms with Crippen molar-refractivity contribution in [2.75, 3.05) is 50.1 Å². The van der Waals surface area contributed by atoms with Crippen LogP contribution in [0.25, 0.3) is 10.9 Å². The zero-order chi connectivity index (χ0) is 18.1. The van der Waals surface area contributed by atoms with Crippen molar-refractivity contribution in [1.29, 1.82) is 0 Å². The second-order valence-electron chi connectivity index (χ2n) is 6.96. The summed E-state index contributed by atoms with van der Waals surface area (Å²) < 4.78 is 5.16. The van der Waals surface area contributed by atoms with Gasteiger partial charge in [-0.2, -0.15) is 0 Å². The molecule has 1 aliphatic rings. The van der Waals surface area contributed by atoms with Crippen molar-refractivity contribution in [3.05, 3.63) is 42.0 Å². The number of piperazine rings is 1. The monoisotopic (exact) mass is 352 g/mol. The summed E-state index contributed by atoms with van der Waals surface area (Å²) in [5.41, 5.74) is 3.39. The van der Waals surface area contributed by atoms with Gasteiger partial charge in [0, 0.05) is 63.5 Å². The maximum atomic E-state index is 5.16. The highest BCUT2D eigenvalue weighted by Gasteiger charge is 2.19. The normalized spacial score (nSPS) is 15.6. The number of anilines is 2. The van der Waals surface area contributed by atoms with E-state index in [0.717, 1.165) is 55.2 Å². The summed E-state index contributed by atoms with van der Waals surface area (Å²) in [5, 5.41) is 4.97. The Bertz CT molecular complexity index is 898. The number of nitrogens with zero attached hydrogens (tertiary/aromatic N) is 6. The van der Waals surface area contributed by atoms with Crippen molar-refractivity contribution in [1.82, 2.24) is 20.0 Å². The fourth-order valence-corrected chi connectivity index (χ4v) is 3.46. The van der Waals surface area contributed by atoms with Crippen LogP contribution in [-0.4, -0.2) is 60.3 Å². The van der Waals surface area contributed by atoms with Crippen LogP contribution in [0, 0.1) is 6.92 Å². The molecule has 0 radical (unpaired) electrons. The van der Waals surface area contributed by atoms with E-state index >= 15 is 0 Å². The van der Waals surface area contributed by atoms with E-state index in [0.29, 0.717) is 0 Å². The molecule has 1 aliphatic heterocycles. The molecule has 1 saturated heterocycles. The summed E-state index contributed by atoms with van der Waals surface area (Å²) in [6.45, 7) is 6.92. The molecule has 1 fully saturated rings. The highest BCUT2D eigenvalue weighted by molar-refractivity contribution is 5.91. The molecule has 7 nitrogen and oxygen atoms in total. The lowest BCUT2D eigenvalue weighted by atomic mass is 10.1. The van der Waals surface area contributed by atoms with Crippen LogP contribution in [-0.2, 0) is 6.54 Å². The second kappa shape index (κ2) is 6.92. The number of benzene rings is 1. The predicted octanol–water partition coefficient (Wildman–Crippen LogP) is 2.31. The summed E-state index contributed by atoms with van der Waals surface area (Å²) in [4.78, 5) is 15.7. The van der Waals surface area contributed by atoms with Crippen LogP contribution in [0.5, 0.6) is 0 Å². The van der Waals surface area contributed by atoms with Crippen LogP contribution in [0.3, 0.4) is 0 Å². The third-order valence-corrected chi connectivity index (χ3v) is 5.00. The topological polar surface area (TPSA) is 61.5 Å². The van der Waals surface area contributed by atoms with E-state index in [4.69, 9.17) is 4.52 Å². The maximum absolute atomic E-state index is 5.16. The molecule has 4 rings (SSSR count). The number of aryl methyl sites for hydroxylation is 1. The Morgan fingerprint density at radius 1 is 1.12 bits per heavy atom. The third-order valence-electron chi connectivity index (χ3n) is 5.00. The van der Waals surface area contributed by atoms with E-state index in [-0.39, 0.29) is 0 Å². The Hall–Kier alpha value is -2.67. The van der Waals surface area contributed by atoms with Crippen LogP contribution >= 0.6 is 0 Å². The van der Waals surface area contributed by atoms with Crippen LogP contribution in [0.4, 0.5) is 11.5 Å². The highest BCUT2D eigenvalue weighted by atomic mass is 16.5. The fourth-order valence-electron chi connectivity index (χ4n) is 3.46. The Labute approximate surface area is 153 Å². The van der Waals surface area contributed by atoms with Gasteiger partial charge in [-0.05, 0) is 25.1 Å². The van der Waals surface area contributed by atoms with Gasteiger partial charge in [0.25, 0.3) is 0 Å². The molecule has 0 aliphatic carbocycles. The molecular weight excluding hydrogens is 328 g/mol. The molecule has 0 amide bonds. The molecule has 2 aromatic heterocycles. The minimum absolute atomic E-state index is 0.902. The molecule has 0 bridgehead atoms. The van der Waals surface area contributed by atoms with E-state index in [9.17, 15) is 0 Å². The molecule has 0 N–H and O–H groups in total. The van der Waals surface area contributed by atoms with Gasteiger partial charge in [-0.1, -0.05) is 5.16 Å². The van der Waals surface area contributed by atoms with E-state index in [1.165, 1.54) is 11.3 Å². The largest absolute Gasteiger partial charge is 0.369 e. The van der Waals surface area contributed by atoms with Crippen molar-refractivity contribution in [3.63, 3.8) is 0 Å². The first-order valence-electron chi connectivity index (χ1n) is 8.91. The van der Waals surface area contributed by atoms with Gasteiger partial charge >= 0.3 is 0 Å². The van der Waals surface area contributed by atoms with E-state index in [2.05, 4.69) is 43.1 Å². The summed E-state index contributed by atoms with van der Waals surface area (Å²) in [7, 11) is 4.03. The minimum atomic E-state index is 0.902. The van der Waals surface area contributed by atoms with E-state index in [1.54, 1.807) is 6.33 Å². The molecule has 0 unspecified atom stereocenters. The molecule has 0 atom stereocenters. The number of hydrogen-bond donors (Lipinski definition) is 0. The molecule has 7 heteroatoms. The predicted molar refractivity (Wildman–Crippen MR) is 103 cm³/mol. The lowest BCUT2D eigenvalue weighted by Crippen LogP contribution is -2.46. The third kappa shape index (κ3) is 3.22. The van der Waals surface area contributed by atoms with Gasteiger partial charge in [-0.25, -0.2) is 9.97 Å². The summed E-state index contributed by atoms with van der Waals surface area (Å²) >= 11 is 0. The maximum Gasteiger partial charge on any atom is 0.139 e. The Morgan fingerprint density at radius 3 is 2.62 bits per heavy atom. The standard InChI is InChI=1S/C19H24N6O/c1-14-15(11-22-26-14)12-24-6-8-25(9-7-24)16-4-5-18-17(10-16)19(23(2)3)21-13-20-18/h4-5,10-11,13H,6-9,12H2,1-3H3. The molecular formula is C19H24N6O. The van der Waals surface area contributed by atoms with Crippen LogP contribution < -0.4 is 9.80 Å². The van der Waals surface area contributed by atoms with Crippen molar-refractivity contribution >= 4 is 22.4 Å². The van der Waals surface area contributed by atoms with Crippen molar-refractivity contribution in [3.8, 4) is 0 Å². The summed E-state index contributed by atoms with van der Waals surface area (Å²) in [6, 6.07) is 6.46. The van der Waals surface area contributed by atoms with Crippen LogP contribution in [0.2, 0.25) is 0 Å². The molecule has 0 saturated carbocycles. The smallest absolute Gasteiger partial charge is 0.139 e. The van der Waals surface area contributed by atoms with Crippen molar-refractivity contribution in [2.45, 2.75) is 13.5 Å². The molecule has 3 heterocycles. The quantitative estimate of drug-likeness (QED) is 0.714. The zero-order valence-corrected chi connectivity index (χ0v) is 15.5. The Kier molecular flexibility index (Phi) is 4.46. The molecule has 26 heavy (non-hydrogen) atoms. The molecule has 0 spiro atoms. The van der Waals surface area contributed by atoms with Gasteiger partial charge in [-0.3, -0.25) is 4.90 Å². The number of hydrogen-bond acceptors (Lipinski definition) is 7. The minimum Gasteiger partial charge on any atom is -0.369 e. The second-order valence-corrected chi connectivity index (χ2v) is 6.96. The van der Waals surface area contributed by atoms with Crippen molar-refractivity contribution < 1.29 is 4.52 Å². The number of fused-ring (bicyclic) bond motifs is 1. The van der Waals surface area contributed by atoms with Crippen molar-refractivity contribution in [2.24, 2.45) is 0 Å². The van der Waals surface area contributed by atoms with E-state index < -0.39 is 0 Å². The fraction of sp³-hybridized carbons (Fsp3) is 0.421. The lowest BCUT2D eigenvalue weighted by molar-refractivity contribution is 0.248. The highest BCUT2D eigenvalue weighted by Crippen LogP contribution is 2.27. The van der Waals surface area contributed by atoms with Gasteiger partial charge in [0.15, 0.2) is 0 Å². The molecule has 1 aromatic carbocycles. The lowest BCUT2D eigenvalue weighted by Gasteiger charge is -2.36. The average molecular weight is 352 g/mol. The van der Waals surface area contributed by atoms with E-state index in [1.807, 2.05) is 32.1 Å². The van der Waals surface area contributed by atoms with Gasteiger partial charge in [0.1, 0.15) is 17.9 Å². The Balaban J connectivity index is 1.49. The first kappa shape index (κ1) is 16.8.